The van der Waals surface area contributed by atoms with Crippen LogP contribution in [0.3, 0.4) is 0 Å². The number of hydrogen-bond donors (Lipinski definition) is 0. The van der Waals surface area contributed by atoms with Crippen molar-refractivity contribution in [2.24, 2.45) is 17.8 Å². The summed E-state index contributed by atoms with van der Waals surface area (Å²) in [7, 11) is -1.71. The Hall–Kier alpha value is -1.61. The van der Waals surface area contributed by atoms with Crippen molar-refractivity contribution < 1.29 is 4.79 Å². The summed E-state index contributed by atoms with van der Waals surface area (Å²) in [4.78, 5) is 16.1. The monoisotopic (exact) mass is 337 g/mol. The van der Waals surface area contributed by atoms with Crippen molar-refractivity contribution in [3.8, 4) is 0 Å². The molecule has 4 rings (SSSR count). The number of rotatable bonds is 4. The number of anilines is 1. The maximum atomic E-state index is 13.9. The van der Waals surface area contributed by atoms with Gasteiger partial charge in [0.1, 0.15) is 0 Å². The number of benzene rings is 1. The zero-order valence-electron chi connectivity index (χ0n) is 14.9. The minimum Gasteiger partial charge on any atom is -0.308 e. The van der Waals surface area contributed by atoms with Gasteiger partial charge in [-0.1, -0.05) is 56.1 Å². The molecule has 0 spiro atoms. The highest BCUT2D eigenvalue weighted by molar-refractivity contribution is 6.83. The normalized spacial score (nSPS) is 37.1. The standard InChI is InChI=1S/C21H27NOSi/c1-5-9-18-19-15-12-13-16(14-15)21(19,24(2,3)4)20(23)22(18)17-10-7-6-8-11-17/h5-8,10-13,15-16,18-19H,1,9,14H2,2-4H3/t15-,16+,18+,19+,21-/m1/s1. The summed E-state index contributed by atoms with van der Waals surface area (Å²) < 4.78 is 0. The lowest BCUT2D eigenvalue weighted by Gasteiger charge is -2.44. The first kappa shape index (κ1) is 15.9. The van der Waals surface area contributed by atoms with Crippen molar-refractivity contribution >= 4 is 19.7 Å². The molecule has 1 saturated carbocycles. The maximum absolute atomic E-state index is 13.9. The summed E-state index contributed by atoms with van der Waals surface area (Å²) in [5.41, 5.74) is 1.06. The van der Waals surface area contributed by atoms with Gasteiger partial charge in [-0.15, -0.1) is 6.58 Å². The van der Waals surface area contributed by atoms with Crippen LogP contribution in [0.5, 0.6) is 0 Å². The molecule has 0 radical (unpaired) electrons. The fourth-order valence-corrected chi connectivity index (χ4v) is 9.51. The van der Waals surface area contributed by atoms with E-state index in [0.29, 0.717) is 23.7 Å². The highest BCUT2D eigenvalue weighted by Crippen LogP contribution is 2.71. The van der Waals surface area contributed by atoms with Gasteiger partial charge in [0.25, 0.3) is 0 Å². The molecule has 1 aliphatic heterocycles. The average molecular weight is 338 g/mol. The second kappa shape index (κ2) is 5.19. The Labute approximate surface area is 146 Å². The highest BCUT2D eigenvalue weighted by atomic mass is 28.3. The summed E-state index contributed by atoms with van der Waals surface area (Å²) in [6.07, 6.45) is 8.82. The smallest absolute Gasteiger partial charge is 0.231 e. The quantitative estimate of drug-likeness (QED) is 0.566. The molecule has 1 heterocycles. The average Bonchev–Trinajstić information content (AvgIpc) is 3.20. The molecule has 1 saturated heterocycles. The first-order valence-electron chi connectivity index (χ1n) is 9.11. The van der Waals surface area contributed by atoms with Crippen molar-refractivity contribution in [3.05, 3.63) is 55.1 Å². The molecule has 126 valence electrons. The lowest BCUT2D eigenvalue weighted by molar-refractivity contribution is -0.121. The number of nitrogens with zero attached hydrogens (tertiary/aromatic N) is 1. The lowest BCUT2D eigenvalue weighted by Crippen LogP contribution is -2.50. The molecular weight excluding hydrogens is 310 g/mol. The number of allylic oxidation sites excluding steroid dienone is 2. The number of carbonyl (C=O) groups is 1. The predicted octanol–water partition coefficient (Wildman–Crippen LogP) is 4.88. The third-order valence-corrected chi connectivity index (χ3v) is 10.1. The number of fused-ring (bicyclic) bond motifs is 5. The van der Waals surface area contributed by atoms with E-state index >= 15 is 0 Å². The molecule has 24 heavy (non-hydrogen) atoms. The van der Waals surface area contributed by atoms with Crippen molar-refractivity contribution in [3.63, 3.8) is 0 Å². The Morgan fingerprint density at radius 3 is 2.58 bits per heavy atom. The first-order chi connectivity index (χ1) is 11.4. The second-order valence-corrected chi connectivity index (χ2v) is 14.0. The van der Waals surface area contributed by atoms with Crippen LogP contribution >= 0.6 is 0 Å². The zero-order valence-corrected chi connectivity index (χ0v) is 15.9. The molecule has 0 N–H and O–H groups in total. The van der Waals surface area contributed by atoms with Crippen LogP contribution in [0.25, 0.3) is 0 Å². The van der Waals surface area contributed by atoms with E-state index in [9.17, 15) is 4.79 Å². The summed E-state index contributed by atoms with van der Waals surface area (Å²) in [6, 6.07) is 10.5. The molecule has 3 aliphatic rings. The van der Waals surface area contributed by atoms with Crippen LogP contribution in [-0.4, -0.2) is 20.0 Å². The van der Waals surface area contributed by atoms with Crippen LogP contribution in [0.2, 0.25) is 24.7 Å². The Morgan fingerprint density at radius 2 is 1.96 bits per heavy atom. The van der Waals surface area contributed by atoms with Crippen LogP contribution in [-0.2, 0) is 4.79 Å². The number of hydrogen-bond acceptors (Lipinski definition) is 1. The molecule has 1 aromatic carbocycles. The summed E-state index contributed by atoms with van der Waals surface area (Å²) in [5.74, 6) is 1.84. The minimum absolute atomic E-state index is 0.143. The molecule has 2 bridgehead atoms. The lowest BCUT2D eigenvalue weighted by atomic mass is 9.79. The molecule has 1 aromatic rings. The second-order valence-electron chi connectivity index (χ2n) is 8.64. The summed E-state index contributed by atoms with van der Waals surface area (Å²) in [5, 5.41) is -0.143. The molecule has 0 unspecified atom stereocenters. The Balaban J connectivity index is 1.91. The third-order valence-electron chi connectivity index (χ3n) is 6.69. The van der Waals surface area contributed by atoms with Crippen LogP contribution < -0.4 is 4.90 Å². The fraction of sp³-hybridized carbons (Fsp3) is 0.476. The van der Waals surface area contributed by atoms with Crippen LogP contribution in [0.4, 0.5) is 5.69 Å². The van der Waals surface area contributed by atoms with Gasteiger partial charge in [0.05, 0.1) is 13.1 Å². The van der Waals surface area contributed by atoms with Crippen molar-refractivity contribution in [2.45, 2.75) is 43.6 Å². The molecule has 2 fully saturated rings. The van der Waals surface area contributed by atoms with E-state index in [4.69, 9.17) is 0 Å². The first-order valence-corrected chi connectivity index (χ1v) is 12.6. The van der Waals surface area contributed by atoms with Gasteiger partial charge in [0.15, 0.2) is 0 Å². The third kappa shape index (κ3) is 1.79. The molecule has 1 amide bonds. The van der Waals surface area contributed by atoms with Gasteiger partial charge in [-0.05, 0) is 42.7 Å². The van der Waals surface area contributed by atoms with Gasteiger partial charge in [-0.2, -0.15) is 0 Å². The fourth-order valence-electron chi connectivity index (χ4n) is 6.01. The zero-order chi connectivity index (χ0) is 17.1. The predicted molar refractivity (Wildman–Crippen MR) is 103 cm³/mol. The summed E-state index contributed by atoms with van der Waals surface area (Å²) in [6.45, 7) is 11.2. The van der Waals surface area contributed by atoms with Gasteiger partial charge in [0, 0.05) is 11.7 Å². The largest absolute Gasteiger partial charge is 0.308 e. The molecule has 0 aromatic heterocycles. The van der Waals surface area contributed by atoms with Crippen molar-refractivity contribution in [1.82, 2.24) is 0 Å². The minimum atomic E-state index is -1.71. The maximum Gasteiger partial charge on any atom is 0.231 e. The highest BCUT2D eigenvalue weighted by Gasteiger charge is 2.72. The van der Waals surface area contributed by atoms with E-state index < -0.39 is 8.07 Å². The van der Waals surface area contributed by atoms with E-state index in [-0.39, 0.29) is 11.1 Å². The molecule has 2 aliphatic carbocycles. The number of amides is 1. The van der Waals surface area contributed by atoms with Gasteiger partial charge in [-0.25, -0.2) is 0 Å². The topological polar surface area (TPSA) is 20.3 Å². The van der Waals surface area contributed by atoms with E-state index in [0.717, 1.165) is 12.1 Å². The van der Waals surface area contributed by atoms with Gasteiger partial charge in [-0.3, -0.25) is 4.79 Å². The molecule has 5 atom stereocenters. The number of carbonyl (C=O) groups excluding carboxylic acids is 1. The van der Waals surface area contributed by atoms with Gasteiger partial charge >= 0.3 is 0 Å². The van der Waals surface area contributed by atoms with Crippen LogP contribution in [0, 0.1) is 17.8 Å². The van der Waals surface area contributed by atoms with E-state index in [1.807, 2.05) is 24.3 Å². The van der Waals surface area contributed by atoms with Crippen LogP contribution in [0.1, 0.15) is 12.8 Å². The number of para-hydroxylation sites is 1. The van der Waals surface area contributed by atoms with E-state index in [2.05, 4.69) is 55.4 Å². The van der Waals surface area contributed by atoms with E-state index in [1.54, 1.807) is 0 Å². The Bertz CT molecular complexity index is 704. The molecule has 2 nitrogen and oxygen atoms in total. The van der Waals surface area contributed by atoms with Gasteiger partial charge in [0.2, 0.25) is 5.91 Å². The molecular formula is C21H27NOSi. The van der Waals surface area contributed by atoms with Crippen molar-refractivity contribution in [1.29, 1.82) is 0 Å². The summed E-state index contributed by atoms with van der Waals surface area (Å²) >= 11 is 0. The van der Waals surface area contributed by atoms with Crippen molar-refractivity contribution in [2.75, 3.05) is 4.90 Å². The van der Waals surface area contributed by atoms with Gasteiger partial charge < -0.3 is 4.90 Å². The SMILES string of the molecule is C=CC[C@H]1[C@@H]2[C@@H]3C=C[C@@H](C3)[C@]2([Si](C)(C)C)C(=O)N1c1ccccc1. The molecule has 3 heteroatoms. The van der Waals surface area contributed by atoms with E-state index in [1.165, 1.54) is 6.42 Å². The Kier molecular flexibility index (Phi) is 3.44. The van der Waals surface area contributed by atoms with Crippen LogP contribution in [0.15, 0.2) is 55.1 Å². The Morgan fingerprint density at radius 1 is 1.25 bits per heavy atom.